The van der Waals surface area contributed by atoms with E-state index in [2.05, 4.69) is 10.4 Å². The second-order valence-corrected chi connectivity index (χ2v) is 8.15. The Morgan fingerprint density at radius 1 is 1.09 bits per heavy atom. The number of hydrogen-bond acceptors (Lipinski definition) is 5. The quantitative estimate of drug-likeness (QED) is 0.481. The van der Waals surface area contributed by atoms with Crippen LogP contribution in [0.1, 0.15) is 57.7 Å². The first-order chi connectivity index (χ1) is 15.2. The molecule has 3 N–H and O–H groups in total. The van der Waals surface area contributed by atoms with E-state index in [-0.39, 0.29) is 11.9 Å². The number of pyridine rings is 1. The van der Waals surface area contributed by atoms with Crippen LogP contribution in [0.3, 0.4) is 0 Å². The largest absolute Gasteiger partial charge is 0.466 e. The number of nitrogens with zero attached hydrogens (tertiary/aromatic N) is 3. The summed E-state index contributed by atoms with van der Waals surface area (Å²) >= 11 is 0. The Kier molecular flexibility index (Phi) is 5.30. The number of nitrogens with two attached hydrogens (primary N) is 1. The van der Waals surface area contributed by atoms with E-state index >= 15 is 0 Å². The molecule has 0 spiro atoms. The fourth-order valence-electron chi connectivity index (χ4n) is 3.82. The minimum atomic E-state index is -0.507. The Bertz CT molecular complexity index is 1360. The van der Waals surface area contributed by atoms with Crippen molar-refractivity contribution in [3.05, 3.63) is 64.7 Å². The molecule has 4 aromatic rings. The van der Waals surface area contributed by atoms with Gasteiger partial charge in [-0.25, -0.2) is 9.67 Å². The number of carbonyl (C=O) groups excluding carboxylic acids is 2. The van der Waals surface area contributed by atoms with Crippen LogP contribution < -0.4 is 11.1 Å². The first-order valence-corrected chi connectivity index (χ1v) is 10.3. The van der Waals surface area contributed by atoms with Crippen LogP contribution in [0.15, 0.2) is 40.9 Å². The van der Waals surface area contributed by atoms with Gasteiger partial charge in [-0.2, -0.15) is 5.10 Å². The molecule has 0 atom stereocenters. The molecule has 1 aromatic carbocycles. The number of hydrogen-bond donors (Lipinski definition) is 2. The Labute approximate surface area is 185 Å². The number of aromatic nitrogens is 3. The third-order valence-corrected chi connectivity index (χ3v) is 5.37. The number of nitrogens with one attached hydrogen (secondary N) is 1. The van der Waals surface area contributed by atoms with Gasteiger partial charge in [0.05, 0.1) is 22.8 Å². The molecule has 0 radical (unpaired) electrons. The van der Waals surface area contributed by atoms with E-state index < -0.39 is 5.91 Å². The van der Waals surface area contributed by atoms with Crippen LogP contribution in [0.25, 0.3) is 22.3 Å². The lowest BCUT2D eigenvalue weighted by Gasteiger charge is -2.12. The van der Waals surface area contributed by atoms with Crippen LogP contribution in [0.2, 0.25) is 0 Å². The van der Waals surface area contributed by atoms with Gasteiger partial charge in [0.2, 0.25) is 5.91 Å². The van der Waals surface area contributed by atoms with Gasteiger partial charge in [-0.3, -0.25) is 9.59 Å². The van der Waals surface area contributed by atoms with Crippen molar-refractivity contribution in [3.63, 3.8) is 0 Å². The second kappa shape index (κ2) is 7.96. The zero-order chi connectivity index (χ0) is 23.2. The van der Waals surface area contributed by atoms with Gasteiger partial charge >= 0.3 is 0 Å². The molecule has 0 saturated heterocycles. The Morgan fingerprint density at radius 2 is 1.84 bits per heavy atom. The van der Waals surface area contributed by atoms with Crippen molar-refractivity contribution >= 4 is 28.5 Å². The highest BCUT2D eigenvalue weighted by Crippen LogP contribution is 2.30. The number of amides is 2. The molecule has 4 rings (SSSR count). The summed E-state index contributed by atoms with van der Waals surface area (Å²) in [7, 11) is 0. The molecule has 0 bridgehead atoms. The second-order valence-electron chi connectivity index (χ2n) is 8.15. The summed E-state index contributed by atoms with van der Waals surface area (Å²) < 4.78 is 7.47. The van der Waals surface area contributed by atoms with Crippen LogP contribution in [0.5, 0.6) is 0 Å². The van der Waals surface area contributed by atoms with Gasteiger partial charge in [0, 0.05) is 22.9 Å². The zero-order valence-electron chi connectivity index (χ0n) is 18.7. The van der Waals surface area contributed by atoms with Gasteiger partial charge < -0.3 is 15.5 Å². The van der Waals surface area contributed by atoms with Gasteiger partial charge in [-0.05, 0) is 70.5 Å². The highest BCUT2D eigenvalue weighted by molar-refractivity contribution is 6.12. The monoisotopic (exact) mass is 431 g/mol. The Balaban J connectivity index is 1.82. The number of aryl methyl sites for hydroxylation is 3. The van der Waals surface area contributed by atoms with Crippen molar-refractivity contribution in [1.29, 1.82) is 0 Å². The highest BCUT2D eigenvalue weighted by Gasteiger charge is 2.20. The van der Waals surface area contributed by atoms with Gasteiger partial charge in [-0.15, -0.1) is 0 Å². The number of rotatable bonds is 5. The molecule has 0 aliphatic heterocycles. The predicted molar refractivity (Wildman–Crippen MR) is 123 cm³/mol. The molecule has 2 amide bonds. The summed E-state index contributed by atoms with van der Waals surface area (Å²) in [6.07, 6.45) is 1.66. The van der Waals surface area contributed by atoms with E-state index in [1.165, 1.54) is 0 Å². The average molecular weight is 431 g/mol. The maximum atomic E-state index is 13.3. The van der Waals surface area contributed by atoms with E-state index in [9.17, 15) is 9.59 Å². The summed E-state index contributed by atoms with van der Waals surface area (Å²) in [6, 6.07) is 8.72. The van der Waals surface area contributed by atoms with Crippen molar-refractivity contribution in [1.82, 2.24) is 14.8 Å². The van der Waals surface area contributed by atoms with Gasteiger partial charge in [0.15, 0.2) is 5.65 Å². The predicted octanol–water partition coefficient (Wildman–Crippen LogP) is 4.55. The summed E-state index contributed by atoms with van der Waals surface area (Å²) in [5, 5.41) is 8.02. The number of primary amides is 1. The fraction of sp³-hybridized carbons (Fsp3) is 0.250. The molecule has 164 valence electrons. The highest BCUT2D eigenvalue weighted by atomic mass is 16.3. The standard InChI is InChI=1S/C24H25N5O3/c1-12(2)29-23-20(11-26-29)19(10-21(28-23)18-9-14(4)32-15(18)5)24(31)27-16-6-7-17(22(25)30)13(3)8-16/h6-12H,1-5H3,(H2,25,30)(H,27,31). The van der Waals surface area contributed by atoms with Gasteiger partial charge in [-0.1, -0.05) is 0 Å². The molecule has 8 nitrogen and oxygen atoms in total. The minimum Gasteiger partial charge on any atom is -0.466 e. The van der Waals surface area contributed by atoms with E-state index in [1.54, 1.807) is 42.1 Å². The maximum absolute atomic E-state index is 13.3. The van der Waals surface area contributed by atoms with Crippen molar-refractivity contribution in [2.75, 3.05) is 5.32 Å². The average Bonchev–Trinajstić information content (AvgIpc) is 3.29. The molecule has 3 aromatic heterocycles. The first-order valence-electron chi connectivity index (χ1n) is 10.3. The molecule has 0 aliphatic rings. The topological polar surface area (TPSA) is 116 Å². The van der Waals surface area contributed by atoms with Crippen LogP contribution in [-0.4, -0.2) is 26.6 Å². The van der Waals surface area contributed by atoms with Crippen molar-refractivity contribution in [3.8, 4) is 11.3 Å². The maximum Gasteiger partial charge on any atom is 0.256 e. The molecule has 0 unspecified atom stereocenters. The summed E-state index contributed by atoms with van der Waals surface area (Å²) in [4.78, 5) is 29.6. The van der Waals surface area contributed by atoms with E-state index in [4.69, 9.17) is 15.1 Å². The molecule has 8 heteroatoms. The van der Waals surface area contributed by atoms with Gasteiger partial charge in [0.25, 0.3) is 5.91 Å². The SMILES string of the molecule is Cc1cc(-c2cc(C(=O)Nc3ccc(C(N)=O)c(C)c3)c3cnn(C(C)C)c3n2)c(C)o1. The van der Waals surface area contributed by atoms with Crippen LogP contribution >= 0.6 is 0 Å². The van der Waals surface area contributed by atoms with Crippen molar-refractivity contribution < 1.29 is 14.0 Å². The lowest BCUT2D eigenvalue weighted by Crippen LogP contribution is -2.15. The van der Waals surface area contributed by atoms with Gasteiger partial charge in [0.1, 0.15) is 11.5 Å². The number of furan rings is 1. The number of carbonyl (C=O) groups is 2. The van der Waals surface area contributed by atoms with Crippen molar-refractivity contribution in [2.45, 2.75) is 40.7 Å². The number of anilines is 1. The molecule has 0 fully saturated rings. The Morgan fingerprint density at radius 3 is 2.44 bits per heavy atom. The summed E-state index contributed by atoms with van der Waals surface area (Å²) in [5.41, 5.74) is 9.60. The summed E-state index contributed by atoms with van der Waals surface area (Å²) in [5.74, 6) is 0.695. The normalized spacial score (nSPS) is 11.3. The zero-order valence-corrected chi connectivity index (χ0v) is 18.7. The van der Waals surface area contributed by atoms with E-state index in [0.29, 0.717) is 39.1 Å². The molecule has 32 heavy (non-hydrogen) atoms. The summed E-state index contributed by atoms with van der Waals surface area (Å²) in [6.45, 7) is 9.54. The van der Waals surface area contributed by atoms with Crippen LogP contribution in [-0.2, 0) is 0 Å². The minimum absolute atomic E-state index is 0.0716. The van der Waals surface area contributed by atoms with E-state index in [1.807, 2.05) is 33.8 Å². The Hall–Kier alpha value is -3.94. The third kappa shape index (κ3) is 3.75. The lowest BCUT2D eigenvalue weighted by atomic mass is 10.1. The number of benzene rings is 1. The molecular formula is C24H25N5O3. The lowest BCUT2D eigenvalue weighted by molar-refractivity contribution is 0.0998. The fourth-order valence-corrected chi connectivity index (χ4v) is 3.82. The third-order valence-electron chi connectivity index (χ3n) is 5.37. The first kappa shape index (κ1) is 21.3. The van der Waals surface area contributed by atoms with Crippen LogP contribution in [0, 0.1) is 20.8 Å². The van der Waals surface area contributed by atoms with Crippen LogP contribution in [0.4, 0.5) is 5.69 Å². The smallest absolute Gasteiger partial charge is 0.256 e. The molecular weight excluding hydrogens is 406 g/mol. The molecule has 0 aliphatic carbocycles. The van der Waals surface area contributed by atoms with E-state index in [0.717, 1.165) is 17.1 Å². The molecule has 0 saturated carbocycles. The molecule has 3 heterocycles. The van der Waals surface area contributed by atoms with Crippen molar-refractivity contribution in [2.24, 2.45) is 5.73 Å². The number of fused-ring (bicyclic) bond motifs is 1.